The number of rotatable bonds is 2. The zero-order valence-electron chi connectivity index (χ0n) is 10.8. The van der Waals surface area contributed by atoms with Crippen molar-refractivity contribution in [3.63, 3.8) is 0 Å². The fraction of sp³-hybridized carbons (Fsp3) is 0.400. The van der Waals surface area contributed by atoms with Crippen molar-refractivity contribution in [2.45, 2.75) is 19.8 Å². The molecule has 1 aliphatic rings. The molecular formula is C15H19N3. The molecule has 3 heteroatoms. The third kappa shape index (κ3) is 1.90. The molecule has 1 atom stereocenters. The van der Waals surface area contributed by atoms with Crippen LogP contribution in [0, 0.1) is 5.92 Å². The van der Waals surface area contributed by atoms with Gasteiger partial charge in [0.05, 0.1) is 5.52 Å². The third-order valence-corrected chi connectivity index (χ3v) is 3.95. The zero-order valence-corrected chi connectivity index (χ0v) is 10.8. The molecule has 2 N–H and O–H groups in total. The molecule has 0 aliphatic carbocycles. The van der Waals surface area contributed by atoms with E-state index in [1.807, 2.05) is 18.3 Å². The maximum Gasteiger partial charge on any atom is 0.0743 e. The highest BCUT2D eigenvalue weighted by atomic mass is 15.2. The van der Waals surface area contributed by atoms with E-state index in [9.17, 15) is 0 Å². The second-order valence-electron chi connectivity index (χ2n) is 5.12. The van der Waals surface area contributed by atoms with Crippen molar-refractivity contribution in [3.8, 4) is 0 Å². The van der Waals surface area contributed by atoms with Crippen molar-refractivity contribution >= 4 is 22.3 Å². The quantitative estimate of drug-likeness (QED) is 0.822. The number of benzene rings is 1. The van der Waals surface area contributed by atoms with E-state index in [0.717, 1.165) is 23.7 Å². The normalized spacial score (nSPS) is 19.6. The fourth-order valence-corrected chi connectivity index (χ4v) is 2.81. The van der Waals surface area contributed by atoms with Crippen LogP contribution in [0.15, 0.2) is 30.5 Å². The van der Waals surface area contributed by atoms with Gasteiger partial charge in [-0.05, 0) is 36.6 Å². The van der Waals surface area contributed by atoms with Gasteiger partial charge >= 0.3 is 0 Å². The molecule has 0 bridgehead atoms. The van der Waals surface area contributed by atoms with Gasteiger partial charge in [-0.2, -0.15) is 0 Å². The monoisotopic (exact) mass is 241 g/mol. The number of hydrogen-bond donors (Lipinski definition) is 1. The van der Waals surface area contributed by atoms with Crippen LogP contribution < -0.4 is 10.6 Å². The highest BCUT2D eigenvalue weighted by molar-refractivity contribution is 5.93. The van der Waals surface area contributed by atoms with Crippen LogP contribution in [0.25, 0.3) is 10.9 Å². The van der Waals surface area contributed by atoms with Gasteiger partial charge in [0, 0.05) is 36.0 Å². The lowest BCUT2D eigenvalue weighted by atomic mass is 10.1. The second kappa shape index (κ2) is 4.48. The molecule has 1 saturated heterocycles. The Morgan fingerprint density at radius 2 is 2.28 bits per heavy atom. The van der Waals surface area contributed by atoms with Crippen LogP contribution in [-0.4, -0.2) is 18.1 Å². The van der Waals surface area contributed by atoms with Gasteiger partial charge < -0.3 is 10.6 Å². The van der Waals surface area contributed by atoms with Crippen molar-refractivity contribution in [1.29, 1.82) is 0 Å². The highest BCUT2D eigenvalue weighted by Gasteiger charge is 2.22. The first-order valence-electron chi connectivity index (χ1n) is 6.67. The number of fused-ring (bicyclic) bond motifs is 1. The Bertz CT molecular complexity index is 565. The van der Waals surface area contributed by atoms with Crippen LogP contribution >= 0.6 is 0 Å². The minimum atomic E-state index is 0.778. The van der Waals surface area contributed by atoms with E-state index in [0.29, 0.717) is 0 Å². The van der Waals surface area contributed by atoms with E-state index in [4.69, 9.17) is 5.73 Å². The first kappa shape index (κ1) is 11.3. The summed E-state index contributed by atoms with van der Waals surface area (Å²) in [5, 5.41) is 1.21. The van der Waals surface area contributed by atoms with E-state index >= 15 is 0 Å². The standard InChI is InChI=1S/C15H19N3/c1-2-11-6-8-18(10-11)15-5-7-17-14-9-12(16)3-4-13(14)15/h3-5,7,9,11H,2,6,8,10,16H2,1H3. The largest absolute Gasteiger partial charge is 0.399 e. The van der Waals surface area contributed by atoms with Crippen molar-refractivity contribution in [2.75, 3.05) is 23.7 Å². The van der Waals surface area contributed by atoms with Gasteiger partial charge in [-0.15, -0.1) is 0 Å². The van der Waals surface area contributed by atoms with Gasteiger partial charge in [0.1, 0.15) is 0 Å². The summed E-state index contributed by atoms with van der Waals surface area (Å²) < 4.78 is 0. The van der Waals surface area contributed by atoms with E-state index in [1.54, 1.807) is 0 Å². The molecule has 0 amide bonds. The summed E-state index contributed by atoms with van der Waals surface area (Å²) in [5.41, 5.74) is 8.89. The van der Waals surface area contributed by atoms with Gasteiger partial charge in [0.25, 0.3) is 0 Å². The van der Waals surface area contributed by atoms with E-state index < -0.39 is 0 Å². The number of hydrogen-bond acceptors (Lipinski definition) is 3. The van der Waals surface area contributed by atoms with Gasteiger partial charge in [-0.25, -0.2) is 0 Å². The summed E-state index contributed by atoms with van der Waals surface area (Å²) >= 11 is 0. The molecule has 0 saturated carbocycles. The number of anilines is 2. The van der Waals surface area contributed by atoms with Crippen LogP contribution in [0.3, 0.4) is 0 Å². The highest BCUT2D eigenvalue weighted by Crippen LogP contribution is 2.31. The summed E-state index contributed by atoms with van der Waals surface area (Å²) in [6.07, 6.45) is 4.46. The molecule has 3 rings (SSSR count). The lowest BCUT2D eigenvalue weighted by Gasteiger charge is -2.20. The predicted molar refractivity (Wildman–Crippen MR) is 76.8 cm³/mol. The summed E-state index contributed by atoms with van der Waals surface area (Å²) in [6, 6.07) is 8.12. The maximum atomic E-state index is 5.82. The third-order valence-electron chi connectivity index (χ3n) is 3.95. The Morgan fingerprint density at radius 3 is 3.06 bits per heavy atom. The smallest absolute Gasteiger partial charge is 0.0743 e. The number of nitrogens with two attached hydrogens (primary N) is 1. The van der Waals surface area contributed by atoms with Crippen LogP contribution in [0.2, 0.25) is 0 Å². The van der Waals surface area contributed by atoms with Gasteiger partial charge in [0.15, 0.2) is 0 Å². The second-order valence-corrected chi connectivity index (χ2v) is 5.12. The molecule has 3 nitrogen and oxygen atoms in total. The molecule has 2 heterocycles. The molecule has 18 heavy (non-hydrogen) atoms. The van der Waals surface area contributed by atoms with Crippen molar-refractivity contribution in [3.05, 3.63) is 30.5 Å². The Hall–Kier alpha value is -1.77. The van der Waals surface area contributed by atoms with E-state index in [1.165, 1.54) is 30.5 Å². The van der Waals surface area contributed by atoms with E-state index in [2.05, 4.69) is 28.9 Å². The first-order chi connectivity index (χ1) is 8.78. The molecule has 0 radical (unpaired) electrons. The minimum Gasteiger partial charge on any atom is -0.399 e. The fourth-order valence-electron chi connectivity index (χ4n) is 2.81. The molecular weight excluding hydrogens is 222 g/mol. The Morgan fingerprint density at radius 1 is 1.39 bits per heavy atom. The lowest BCUT2D eigenvalue weighted by molar-refractivity contribution is 0.569. The van der Waals surface area contributed by atoms with Crippen LogP contribution in [0.5, 0.6) is 0 Å². The molecule has 94 valence electrons. The Labute approximate surface area is 108 Å². The SMILES string of the molecule is CCC1CCN(c2ccnc3cc(N)ccc23)C1. The van der Waals surface area contributed by atoms with Crippen molar-refractivity contribution in [1.82, 2.24) is 4.98 Å². The van der Waals surface area contributed by atoms with Gasteiger partial charge in [-0.3, -0.25) is 4.98 Å². The Kier molecular flexibility index (Phi) is 2.82. The minimum absolute atomic E-state index is 0.778. The molecule has 0 spiro atoms. The lowest BCUT2D eigenvalue weighted by Crippen LogP contribution is -2.19. The number of aromatic nitrogens is 1. The van der Waals surface area contributed by atoms with Crippen molar-refractivity contribution in [2.24, 2.45) is 5.92 Å². The maximum absolute atomic E-state index is 5.82. The molecule has 1 fully saturated rings. The predicted octanol–water partition coefficient (Wildman–Crippen LogP) is 3.05. The van der Waals surface area contributed by atoms with Gasteiger partial charge in [-0.1, -0.05) is 13.3 Å². The molecule has 1 aliphatic heterocycles. The molecule has 1 aromatic carbocycles. The number of nitrogen functional groups attached to an aromatic ring is 1. The average Bonchev–Trinajstić information content (AvgIpc) is 2.86. The number of nitrogens with zero attached hydrogens (tertiary/aromatic N) is 2. The van der Waals surface area contributed by atoms with Gasteiger partial charge in [0.2, 0.25) is 0 Å². The van der Waals surface area contributed by atoms with Crippen LogP contribution in [-0.2, 0) is 0 Å². The summed E-state index contributed by atoms with van der Waals surface area (Å²) in [4.78, 5) is 6.89. The molecule has 1 aromatic heterocycles. The Balaban J connectivity index is 2.02. The van der Waals surface area contributed by atoms with Crippen LogP contribution in [0.4, 0.5) is 11.4 Å². The first-order valence-corrected chi connectivity index (χ1v) is 6.67. The summed E-state index contributed by atoms with van der Waals surface area (Å²) in [7, 11) is 0. The zero-order chi connectivity index (χ0) is 12.5. The topological polar surface area (TPSA) is 42.2 Å². The average molecular weight is 241 g/mol. The van der Waals surface area contributed by atoms with Crippen LogP contribution in [0.1, 0.15) is 19.8 Å². The van der Waals surface area contributed by atoms with E-state index in [-0.39, 0.29) is 0 Å². The molecule has 1 unspecified atom stereocenters. The number of pyridine rings is 1. The molecule has 2 aromatic rings. The summed E-state index contributed by atoms with van der Waals surface area (Å²) in [5.74, 6) is 0.835. The summed E-state index contributed by atoms with van der Waals surface area (Å²) in [6.45, 7) is 4.60. The van der Waals surface area contributed by atoms with Crippen molar-refractivity contribution < 1.29 is 0 Å².